The van der Waals surface area contributed by atoms with Crippen LogP contribution >= 0.6 is 0 Å². The summed E-state index contributed by atoms with van der Waals surface area (Å²) in [6, 6.07) is 0. The predicted molar refractivity (Wildman–Crippen MR) is 80.6 cm³/mol. The van der Waals surface area contributed by atoms with Crippen LogP contribution in [0.2, 0.25) is 0 Å². The summed E-state index contributed by atoms with van der Waals surface area (Å²) < 4.78 is 15.2. The van der Waals surface area contributed by atoms with E-state index in [9.17, 15) is 40.9 Å². The van der Waals surface area contributed by atoms with Crippen LogP contribution in [0, 0.1) is 0 Å². The third-order valence-electron chi connectivity index (χ3n) is 4.63. The molecule has 0 amide bonds. The lowest BCUT2D eigenvalue weighted by Crippen LogP contribution is -2.66. The van der Waals surface area contributed by atoms with Crippen molar-refractivity contribution in [3.63, 3.8) is 0 Å². The molecule has 0 saturated carbocycles. The van der Waals surface area contributed by atoms with E-state index in [1.807, 2.05) is 0 Å². The molecular formula is C14H26O13. The van der Waals surface area contributed by atoms with Crippen LogP contribution in [0.5, 0.6) is 0 Å². The van der Waals surface area contributed by atoms with Crippen molar-refractivity contribution in [1.29, 1.82) is 0 Å². The van der Waals surface area contributed by atoms with Gasteiger partial charge >= 0.3 is 0 Å². The van der Waals surface area contributed by atoms with E-state index in [2.05, 4.69) is 0 Å². The summed E-state index contributed by atoms with van der Waals surface area (Å²) in [4.78, 5) is 0. The molecule has 13 heteroatoms. The Kier molecular flexibility index (Phi) is 7.86. The second-order valence-corrected chi connectivity index (χ2v) is 6.51. The Hall–Kier alpha value is -0.520. The highest BCUT2D eigenvalue weighted by atomic mass is 16.7. The first-order valence-electron chi connectivity index (χ1n) is 8.26. The van der Waals surface area contributed by atoms with Gasteiger partial charge in [-0.05, 0) is 0 Å². The average Bonchev–Trinajstić information content (AvgIpc) is 2.66. The zero-order valence-electron chi connectivity index (χ0n) is 14.0. The minimum atomic E-state index is -1.93. The molecule has 12 atom stereocenters. The largest absolute Gasteiger partial charge is 0.394 e. The highest BCUT2D eigenvalue weighted by Gasteiger charge is 2.52. The van der Waals surface area contributed by atoms with E-state index < -0.39 is 86.8 Å². The molecular weight excluding hydrogens is 376 g/mol. The van der Waals surface area contributed by atoms with E-state index in [4.69, 9.17) is 24.4 Å². The van der Waals surface area contributed by atoms with Gasteiger partial charge in [-0.3, -0.25) is 0 Å². The molecule has 2 aliphatic rings. The molecule has 2 saturated heterocycles. The highest BCUT2D eigenvalue weighted by molar-refractivity contribution is 4.96. The fraction of sp³-hybridized carbons (Fsp3) is 1.00. The van der Waals surface area contributed by atoms with E-state index in [0.717, 1.165) is 0 Å². The molecule has 0 bridgehead atoms. The molecule has 0 aromatic carbocycles. The quantitative estimate of drug-likeness (QED) is 0.199. The van der Waals surface area contributed by atoms with Crippen LogP contribution in [-0.4, -0.2) is 138 Å². The third kappa shape index (κ3) is 4.56. The average molecular weight is 402 g/mol. The fourth-order valence-corrected chi connectivity index (χ4v) is 3.02. The van der Waals surface area contributed by atoms with Crippen molar-refractivity contribution in [2.45, 2.75) is 73.6 Å². The first kappa shape index (κ1) is 22.8. The Bertz CT molecular complexity index is 466. The topological polar surface area (TPSA) is 230 Å². The van der Waals surface area contributed by atoms with E-state index in [-0.39, 0.29) is 0 Å². The van der Waals surface area contributed by atoms with Crippen LogP contribution in [0.25, 0.3) is 0 Å². The number of aliphatic hydroxyl groups excluding tert-OH is 10. The van der Waals surface area contributed by atoms with Gasteiger partial charge in [0.2, 0.25) is 0 Å². The molecule has 0 aromatic rings. The molecule has 2 rings (SSSR count). The van der Waals surface area contributed by atoms with Gasteiger partial charge in [0.05, 0.1) is 13.2 Å². The number of rotatable bonds is 6. The van der Waals surface area contributed by atoms with Crippen LogP contribution in [0.15, 0.2) is 0 Å². The smallest absolute Gasteiger partial charge is 0.187 e. The normalized spacial score (nSPS) is 48.2. The highest BCUT2D eigenvalue weighted by Crippen LogP contribution is 2.30. The summed E-state index contributed by atoms with van der Waals surface area (Å²) in [6.45, 7) is -1.68. The number of hydrogen-bond donors (Lipinski definition) is 10. The van der Waals surface area contributed by atoms with Crippen LogP contribution in [-0.2, 0) is 14.2 Å². The standard InChI is InChI=1S/C14H26O13/c15-1-3(17)10-6(20)5(19)7(21)14(26-10)27-12-8(22)11(4(18)2-16)25-13(24)9(12)23/h3-24H,1-2H2/t3-,4-,5-,6-,7-,8+,9-,10+,11+,12-,13-,14+/m0/s1. The number of aliphatic hydroxyl groups is 10. The van der Waals surface area contributed by atoms with Gasteiger partial charge in [-0.2, -0.15) is 0 Å². The molecule has 10 N–H and O–H groups in total. The first-order chi connectivity index (χ1) is 12.6. The van der Waals surface area contributed by atoms with Crippen molar-refractivity contribution < 1.29 is 65.3 Å². The van der Waals surface area contributed by atoms with Crippen molar-refractivity contribution in [2.24, 2.45) is 0 Å². The maximum Gasteiger partial charge on any atom is 0.187 e. The van der Waals surface area contributed by atoms with Crippen LogP contribution in [0.1, 0.15) is 0 Å². The van der Waals surface area contributed by atoms with E-state index in [0.29, 0.717) is 0 Å². The van der Waals surface area contributed by atoms with Gasteiger partial charge in [-0.25, -0.2) is 0 Å². The molecule has 2 fully saturated rings. The van der Waals surface area contributed by atoms with Gasteiger partial charge in [-0.15, -0.1) is 0 Å². The van der Waals surface area contributed by atoms with Crippen LogP contribution in [0.4, 0.5) is 0 Å². The lowest BCUT2D eigenvalue weighted by Gasteiger charge is -2.46. The van der Waals surface area contributed by atoms with Gasteiger partial charge < -0.3 is 65.3 Å². The molecule has 0 spiro atoms. The second kappa shape index (κ2) is 9.32. The molecule has 160 valence electrons. The minimum Gasteiger partial charge on any atom is -0.394 e. The Balaban J connectivity index is 2.18. The van der Waals surface area contributed by atoms with Crippen LogP contribution in [0.3, 0.4) is 0 Å². The van der Waals surface area contributed by atoms with Crippen molar-refractivity contribution >= 4 is 0 Å². The first-order valence-corrected chi connectivity index (χ1v) is 8.26. The second-order valence-electron chi connectivity index (χ2n) is 6.51. The van der Waals surface area contributed by atoms with Gasteiger partial charge in [-0.1, -0.05) is 0 Å². The van der Waals surface area contributed by atoms with Gasteiger partial charge in [0.25, 0.3) is 0 Å². The Morgan fingerprint density at radius 2 is 1.19 bits per heavy atom. The lowest BCUT2D eigenvalue weighted by molar-refractivity contribution is -0.363. The maximum atomic E-state index is 10.2. The molecule has 27 heavy (non-hydrogen) atoms. The third-order valence-corrected chi connectivity index (χ3v) is 4.63. The molecule has 0 aromatic heterocycles. The summed E-state index contributed by atoms with van der Waals surface area (Å²) in [7, 11) is 0. The summed E-state index contributed by atoms with van der Waals surface area (Å²) in [5.41, 5.74) is 0. The molecule has 13 nitrogen and oxygen atoms in total. The van der Waals surface area contributed by atoms with Gasteiger partial charge in [0, 0.05) is 0 Å². The molecule has 0 radical (unpaired) electrons. The predicted octanol–water partition coefficient (Wildman–Crippen LogP) is -6.68. The minimum absolute atomic E-state index is 0.838. The monoisotopic (exact) mass is 402 g/mol. The van der Waals surface area contributed by atoms with E-state index in [1.165, 1.54) is 0 Å². The zero-order chi connectivity index (χ0) is 20.5. The van der Waals surface area contributed by atoms with Crippen LogP contribution < -0.4 is 0 Å². The van der Waals surface area contributed by atoms with Gasteiger partial charge in [0.15, 0.2) is 12.6 Å². The summed E-state index contributed by atoms with van der Waals surface area (Å²) >= 11 is 0. The SMILES string of the molecule is OC[C@H](O)[C@H]1O[C@H](O[C@H]2[C@H](O)[C@@H]([C@@H](O)CO)O[C@H](O)[C@H]2O)[C@@H](O)[C@@H](O)[C@@H]1O. The molecule has 2 heterocycles. The summed E-state index contributed by atoms with van der Waals surface area (Å²) in [5, 5.41) is 97.0. The number of ether oxygens (including phenoxy) is 3. The van der Waals surface area contributed by atoms with Crippen molar-refractivity contribution in [2.75, 3.05) is 13.2 Å². The molecule has 2 aliphatic heterocycles. The summed E-state index contributed by atoms with van der Waals surface area (Å²) in [6.07, 6.45) is -21.1. The van der Waals surface area contributed by atoms with E-state index >= 15 is 0 Å². The Morgan fingerprint density at radius 3 is 1.70 bits per heavy atom. The lowest BCUT2D eigenvalue weighted by atomic mass is 9.93. The molecule has 0 aliphatic carbocycles. The van der Waals surface area contributed by atoms with Crippen molar-refractivity contribution in [1.82, 2.24) is 0 Å². The Morgan fingerprint density at radius 1 is 0.667 bits per heavy atom. The van der Waals surface area contributed by atoms with Gasteiger partial charge in [0.1, 0.15) is 61.0 Å². The Labute approximate surface area is 153 Å². The zero-order valence-corrected chi connectivity index (χ0v) is 14.0. The maximum absolute atomic E-state index is 10.2. The summed E-state index contributed by atoms with van der Waals surface area (Å²) in [5.74, 6) is 0. The van der Waals surface area contributed by atoms with Crippen molar-refractivity contribution in [3.8, 4) is 0 Å². The number of hydrogen-bond acceptors (Lipinski definition) is 13. The van der Waals surface area contributed by atoms with Crippen molar-refractivity contribution in [3.05, 3.63) is 0 Å². The fourth-order valence-electron chi connectivity index (χ4n) is 3.02. The molecule has 0 unspecified atom stereocenters. The van der Waals surface area contributed by atoms with E-state index in [1.54, 1.807) is 0 Å².